The maximum absolute atomic E-state index is 4.95. The predicted molar refractivity (Wildman–Crippen MR) is 113 cm³/mol. The molecule has 144 valence electrons. The summed E-state index contributed by atoms with van der Waals surface area (Å²) in [6.45, 7) is 4.41. The molecule has 1 aromatic heterocycles. The summed E-state index contributed by atoms with van der Waals surface area (Å²) in [7, 11) is 2.13. The van der Waals surface area contributed by atoms with Gasteiger partial charge in [0.25, 0.3) is 0 Å². The second kappa shape index (κ2) is 8.48. The third kappa shape index (κ3) is 3.90. The van der Waals surface area contributed by atoms with Crippen LogP contribution in [0, 0.1) is 0 Å². The number of nitrogens with zero attached hydrogens (tertiary/aromatic N) is 5. The number of hydrogen-bond acceptors (Lipinski definition) is 5. The van der Waals surface area contributed by atoms with E-state index < -0.39 is 0 Å². The van der Waals surface area contributed by atoms with Gasteiger partial charge in [0, 0.05) is 25.6 Å². The summed E-state index contributed by atoms with van der Waals surface area (Å²) in [4.78, 5) is 9.71. The van der Waals surface area contributed by atoms with Gasteiger partial charge in [-0.2, -0.15) is 0 Å². The first kappa shape index (κ1) is 18.6. The second-order valence-electron chi connectivity index (χ2n) is 7.30. The Bertz CT molecular complexity index is 897. The number of likely N-dealkylation sites (tertiary alicyclic amines) is 1. The molecule has 28 heavy (non-hydrogen) atoms. The van der Waals surface area contributed by atoms with Crippen molar-refractivity contribution >= 4 is 5.82 Å². The molecule has 2 aromatic carbocycles. The molecule has 0 aliphatic carbocycles. The Morgan fingerprint density at radius 3 is 2.43 bits per heavy atom. The minimum Gasteiger partial charge on any atom is -0.341 e. The molecule has 1 aliphatic rings. The van der Waals surface area contributed by atoms with Gasteiger partial charge in [-0.1, -0.05) is 67.6 Å². The number of rotatable bonds is 6. The van der Waals surface area contributed by atoms with E-state index in [1.54, 1.807) is 0 Å². The maximum Gasteiger partial charge on any atom is 0.182 e. The van der Waals surface area contributed by atoms with Crippen LogP contribution in [-0.2, 0) is 6.42 Å². The van der Waals surface area contributed by atoms with Crippen molar-refractivity contribution in [2.24, 2.45) is 0 Å². The Balaban J connectivity index is 1.72. The SMILES string of the molecule is CCN1CCCC1N(C)c1nnc(-c2ccccc2)nc1Cc1ccccc1. The molecule has 0 radical (unpaired) electrons. The predicted octanol–water partition coefficient (Wildman–Crippen LogP) is 4.01. The van der Waals surface area contributed by atoms with Crippen molar-refractivity contribution in [3.8, 4) is 11.4 Å². The van der Waals surface area contributed by atoms with Crippen LogP contribution in [0.5, 0.6) is 0 Å². The van der Waals surface area contributed by atoms with Crippen molar-refractivity contribution < 1.29 is 0 Å². The van der Waals surface area contributed by atoms with E-state index in [4.69, 9.17) is 4.98 Å². The highest BCUT2D eigenvalue weighted by Gasteiger charge is 2.29. The van der Waals surface area contributed by atoms with Crippen LogP contribution in [0.1, 0.15) is 31.0 Å². The molecule has 2 heterocycles. The average molecular weight is 374 g/mol. The molecule has 0 N–H and O–H groups in total. The van der Waals surface area contributed by atoms with Crippen LogP contribution in [0.2, 0.25) is 0 Å². The zero-order chi connectivity index (χ0) is 19.3. The van der Waals surface area contributed by atoms with E-state index in [0.717, 1.165) is 43.0 Å². The lowest BCUT2D eigenvalue weighted by molar-refractivity contribution is 0.264. The smallest absolute Gasteiger partial charge is 0.182 e. The quantitative estimate of drug-likeness (QED) is 0.653. The average Bonchev–Trinajstić information content (AvgIpc) is 3.23. The van der Waals surface area contributed by atoms with Crippen LogP contribution in [0.15, 0.2) is 60.7 Å². The minimum atomic E-state index is 0.359. The summed E-state index contributed by atoms with van der Waals surface area (Å²) < 4.78 is 0. The van der Waals surface area contributed by atoms with Crippen LogP contribution < -0.4 is 4.90 Å². The lowest BCUT2D eigenvalue weighted by atomic mass is 10.1. The summed E-state index contributed by atoms with van der Waals surface area (Å²) in [6, 6.07) is 20.5. The zero-order valence-corrected chi connectivity index (χ0v) is 16.6. The van der Waals surface area contributed by atoms with Crippen molar-refractivity contribution in [3.63, 3.8) is 0 Å². The Kier molecular flexibility index (Phi) is 5.63. The summed E-state index contributed by atoms with van der Waals surface area (Å²) >= 11 is 0. The molecule has 0 bridgehead atoms. The van der Waals surface area contributed by atoms with E-state index in [9.17, 15) is 0 Å². The van der Waals surface area contributed by atoms with Crippen LogP contribution in [0.25, 0.3) is 11.4 Å². The zero-order valence-electron chi connectivity index (χ0n) is 16.6. The summed E-state index contributed by atoms with van der Waals surface area (Å²) in [6.07, 6.45) is 3.48. The molecule has 4 rings (SSSR count). The third-order valence-electron chi connectivity index (χ3n) is 5.50. The van der Waals surface area contributed by atoms with Crippen molar-refractivity contribution in [2.75, 3.05) is 25.0 Å². The highest BCUT2D eigenvalue weighted by molar-refractivity contribution is 5.56. The van der Waals surface area contributed by atoms with Gasteiger partial charge in [-0.3, -0.25) is 4.90 Å². The van der Waals surface area contributed by atoms with E-state index in [1.165, 1.54) is 12.0 Å². The first-order valence-electron chi connectivity index (χ1n) is 10.1. The molecule has 1 fully saturated rings. The normalized spacial score (nSPS) is 17.0. The molecule has 1 aliphatic heterocycles. The van der Waals surface area contributed by atoms with E-state index in [2.05, 4.69) is 58.2 Å². The van der Waals surface area contributed by atoms with Gasteiger partial charge >= 0.3 is 0 Å². The van der Waals surface area contributed by atoms with Crippen LogP contribution in [-0.4, -0.2) is 46.4 Å². The lowest BCUT2D eigenvalue weighted by Gasteiger charge is -2.33. The molecule has 5 heteroatoms. The Morgan fingerprint density at radius 2 is 1.71 bits per heavy atom. The van der Waals surface area contributed by atoms with Gasteiger partial charge in [0.1, 0.15) is 0 Å². The van der Waals surface area contributed by atoms with Gasteiger partial charge in [0.2, 0.25) is 0 Å². The molecular formula is C23H27N5. The van der Waals surface area contributed by atoms with Gasteiger partial charge in [-0.15, -0.1) is 10.2 Å². The Labute approximate surface area is 167 Å². The summed E-state index contributed by atoms with van der Waals surface area (Å²) in [5.41, 5.74) is 3.20. The maximum atomic E-state index is 4.95. The molecule has 5 nitrogen and oxygen atoms in total. The molecule has 0 amide bonds. The van der Waals surface area contributed by atoms with Gasteiger partial charge in [0.05, 0.1) is 11.9 Å². The van der Waals surface area contributed by atoms with Gasteiger partial charge < -0.3 is 4.90 Å². The Morgan fingerprint density at radius 1 is 1.00 bits per heavy atom. The van der Waals surface area contributed by atoms with E-state index in [1.807, 2.05) is 36.4 Å². The summed E-state index contributed by atoms with van der Waals surface area (Å²) in [5.74, 6) is 1.57. The number of anilines is 1. The fourth-order valence-corrected chi connectivity index (χ4v) is 4.00. The molecule has 0 saturated carbocycles. The first-order chi connectivity index (χ1) is 13.8. The van der Waals surface area contributed by atoms with Crippen molar-refractivity contribution in [3.05, 3.63) is 71.9 Å². The van der Waals surface area contributed by atoms with Crippen molar-refractivity contribution in [1.29, 1.82) is 0 Å². The van der Waals surface area contributed by atoms with Gasteiger partial charge in [0.15, 0.2) is 11.6 Å². The van der Waals surface area contributed by atoms with Crippen LogP contribution >= 0.6 is 0 Å². The highest BCUT2D eigenvalue weighted by atomic mass is 15.4. The fraction of sp³-hybridized carbons (Fsp3) is 0.348. The minimum absolute atomic E-state index is 0.359. The molecule has 1 unspecified atom stereocenters. The molecule has 1 saturated heterocycles. The largest absolute Gasteiger partial charge is 0.341 e. The van der Waals surface area contributed by atoms with Gasteiger partial charge in [-0.05, 0) is 24.9 Å². The second-order valence-corrected chi connectivity index (χ2v) is 7.30. The van der Waals surface area contributed by atoms with Crippen LogP contribution in [0.4, 0.5) is 5.82 Å². The standard InChI is InChI=1S/C23H27N5/c1-3-28-16-10-15-21(28)27(2)23-20(17-18-11-6-4-7-12-18)24-22(25-26-23)19-13-8-5-9-14-19/h4-9,11-14,21H,3,10,15-17H2,1-2H3. The first-order valence-corrected chi connectivity index (χ1v) is 10.1. The molecule has 1 atom stereocenters. The van der Waals surface area contributed by atoms with E-state index in [0.29, 0.717) is 12.0 Å². The number of aromatic nitrogens is 3. The van der Waals surface area contributed by atoms with Crippen molar-refractivity contribution in [1.82, 2.24) is 20.1 Å². The number of hydrogen-bond donors (Lipinski definition) is 0. The topological polar surface area (TPSA) is 45.2 Å². The highest BCUT2D eigenvalue weighted by Crippen LogP contribution is 2.27. The van der Waals surface area contributed by atoms with Crippen LogP contribution in [0.3, 0.4) is 0 Å². The number of benzene rings is 2. The van der Waals surface area contributed by atoms with E-state index >= 15 is 0 Å². The van der Waals surface area contributed by atoms with Crippen molar-refractivity contribution in [2.45, 2.75) is 32.4 Å². The van der Waals surface area contributed by atoms with Gasteiger partial charge in [-0.25, -0.2) is 4.98 Å². The van der Waals surface area contributed by atoms with E-state index in [-0.39, 0.29) is 0 Å². The molecule has 0 spiro atoms. The lowest BCUT2D eigenvalue weighted by Crippen LogP contribution is -2.43. The fourth-order valence-electron chi connectivity index (χ4n) is 4.00. The molecular weight excluding hydrogens is 346 g/mol. The summed E-state index contributed by atoms with van der Waals surface area (Å²) in [5, 5.41) is 9.12. The Hall–Kier alpha value is -2.79. The monoisotopic (exact) mass is 373 g/mol. The molecule has 3 aromatic rings. The third-order valence-corrected chi connectivity index (χ3v) is 5.50.